The van der Waals surface area contributed by atoms with Crippen molar-refractivity contribution in [3.05, 3.63) is 27.3 Å². The van der Waals surface area contributed by atoms with E-state index in [4.69, 9.17) is 0 Å². The van der Waals surface area contributed by atoms with Gasteiger partial charge in [-0.15, -0.1) is 16.2 Å². The predicted octanol–water partition coefficient (Wildman–Crippen LogP) is 1.52. The molecule has 0 saturated carbocycles. The van der Waals surface area contributed by atoms with Crippen LogP contribution in [-0.4, -0.2) is 5.97 Å². The standard InChI is InChI=1S/C6H5NO3S/c8-6(10-7-9)4-5-2-1-3-11-5/h1-3H,4H2. The molecular weight excluding hydrogens is 166 g/mol. The number of carbonyl (C=O) groups excluding carboxylic acids is 1. The van der Waals surface area contributed by atoms with Gasteiger partial charge in [0.15, 0.2) is 5.34 Å². The van der Waals surface area contributed by atoms with Gasteiger partial charge >= 0.3 is 5.97 Å². The van der Waals surface area contributed by atoms with Gasteiger partial charge in [-0.25, -0.2) is 4.79 Å². The zero-order valence-corrected chi connectivity index (χ0v) is 6.34. The first-order chi connectivity index (χ1) is 5.33. The lowest BCUT2D eigenvalue weighted by Gasteiger charge is -1.89. The van der Waals surface area contributed by atoms with Crippen molar-refractivity contribution in [3.8, 4) is 0 Å². The first-order valence-electron chi connectivity index (χ1n) is 2.88. The molecule has 0 aliphatic heterocycles. The Morgan fingerprint density at radius 2 is 2.55 bits per heavy atom. The molecule has 0 atom stereocenters. The van der Waals surface area contributed by atoms with Crippen molar-refractivity contribution in [2.24, 2.45) is 5.34 Å². The SMILES string of the molecule is O=NOC(=O)Cc1cccs1. The molecule has 0 amide bonds. The molecule has 0 spiro atoms. The van der Waals surface area contributed by atoms with Crippen LogP contribution in [0.4, 0.5) is 0 Å². The summed E-state index contributed by atoms with van der Waals surface area (Å²) in [6, 6.07) is 3.61. The second-order valence-corrected chi connectivity index (χ2v) is 2.83. The quantitative estimate of drug-likeness (QED) is 0.511. The van der Waals surface area contributed by atoms with Crippen LogP contribution in [0.15, 0.2) is 22.9 Å². The highest BCUT2D eigenvalue weighted by Gasteiger charge is 2.04. The van der Waals surface area contributed by atoms with Gasteiger partial charge in [0, 0.05) is 4.88 Å². The molecule has 4 nitrogen and oxygen atoms in total. The molecule has 1 aromatic rings. The molecule has 0 unspecified atom stereocenters. The number of nitrogens with zero attached hydrogens (tertiary/aromatic N) is 1. The van der Waals surface area contributed by atoms with Crippen LogP contribution < -0.4 is 0 Å². The van der Waals surface area contributed by atoms with Gasteiger partial charge in [-0.1, -0.05) is 6.07 Å². The zero-order chi connectivity index (χ0) is 8.10. The molecule has 0 bridgehead atoms. The lowest BCUT2D eigenvalue weighted by atomic mass is 10.3. The number of rotatable bonds is 3. The van der Waals surface area contributed by atoms with Crippen molar-refractivity contribution in [1.82, 2.24) is 0 Å². The number of thiophene rings is 1. The Morgan fingerprint density at radius 3 is 3.09 bits per heavy atom. The van der Waals surface area contributed by atoms with Crippen molar-refractivity contribution >= 4 is 17.3 Å². The molecule has 0 aliphatic carbocycles. The third-order valence-corrected chi connectivity index (χ3v) is 1.91. The van der Waals surface area contributed by atoms with E-state index in [9.17, 15) is 9.70 Å². The van der Waals surface area contributed by atoms with Crippen molar-refractivity contribution in [3.63, 3.8) is 0 Å². The van der Waals surface area contributed by atoms with Gasteiger partial charge in [0.1, 0.15) is 0 Å². The average molecular weight is 171 g/mol. The Bertz CT molecular complexity index is 244. The molecule has 1 heterocycles. The summed E-state index contributed by atoms with van der Waals surface area (Å²) < 4.78 is 0. The predicted molar refractivity (Wildman–Crippen MR) is 39.9 cm³/mol. The summed E-state index contributed by atoms with van der Waals surface area (Å²) in [6.07, 6.45) is 0.114. The third kappa shape index (κ3) is 2.46. The summed E-state index contributed by atoms with van der Waals surface area (Å²) in [6.45, 7) is 0. The smallest absolute Gasteiger partial charge is 0.284 e. The van der Waals surface area contributed by atoms with Gasteiger partial charge in [0.2, 0.25) is 0 Å². The van der Waals surface area contributed by atoms with Crippen LogP contribution in [0.5, 0.6) is 0 Å². The fourth-order valence-electron chi connectivity index (χ4n) is 0.629. The molecule has 0 radical (unpaired) electrons. The van der Waals surface area contributed by atoms with Crippen molar-refractivity contribution < 1.29 is 9.63 Å². The fourth-order valence-corrected chi connectivity index (χ4v) is 1.32. The Hall–Kier alpha value is -1.23. The number of hydrogen-bond donors (Lipinski definition) is 0. The zero-order valence-electron chi connectivity index (χ0n) is 5.52. The van der Waals surface area contributed by atoms with Crippen LogP contribution >= 0.6 is 11.3 Å². The van der Waals surface area contributed by atoms with Gasteiger partial charge < -0.3 is 0 Å². The third-order valence-electron chi connectivity index (χ3n) is 1.04. The lowest BCUT2D eigenvalue weighted by molar-refractivity contribution is -0.143. The Balaban J connectivity index is 2.43. The molecule has 0 aliphatic rings. The van der Waals surface area contributed by atoms with Crippen LogP contribution in [0.2, 0.25) is 0 Å². The van der Waals surface area contributed by atoms with E-state index in [0.29, 0.717) is 0 Å². The Labute approximate surface area is 66.7 Å². The van der Waals surface area contributed by atoms with E-state index >= 15 is 0 Å². The molecule has 5 heteroatoms. The van der Waals surface area contributed by atoms with Crippen molar-refractivity contribution in [2.75, 3.05) is 0 Å². The molecule has 1 aromatic heterocycles. The second-order valence-electron chi connectivity index (χ2n) is 1.79. The number of hydrogen-bond acceptors (Lipinski definition) is 5. The van der Waals surface area contributed by atoms with Gasteiger partial charge in [-0.3, -0.25) is 4.84 Å². The fraction of sp³-hybridized carbons (Fsp3) is 0.167. The maximum Gasteiger partial charge on any atom is 0.343 e. The second kappa shape index (κ2) is 3.82. The Kier molecular flexibility index (Phi) is 2.74. The monoisotopic (exact) mass is 171 g/mol. The lowest BCUT2D eigenvalue weighted by Crippen LogP contribution is -2.01. The van der Waals surface area contributed by atoms with E-state index in [1.807, 2.05) is 16.8 Å². The average Bonchev–Trinajstić information content (AvgIpc) is 2.40. The molecule has 0 fully saturated rings. The van der Waals surface area contributed by atoms with Crippen molar-refractivity contribution in [1.29, 1.82) is 0 Å². The molecule has 58 valence electrons. The summed E-state index contributed by atoms with van der Waals surface area (Å²) in [7, 11) is 0. The van der Waals surface area contributed by atoms with E-state index in [2.05, 4.69) is 4.84 Å². The Morgan fingerprint density at radius 1 is 1.73 bits per heavy atom. The minimum absolute atomic E-state index is 0.114. The molecular formula is C6H5NO3S. The largest absolute Gasteiger partial charge is 0.343 e. The molecule has 0 saturated heterocycles. The van der Waals surface area contributed by atoms with Gasteiger partial charge in [0.05, 0.1) is 6.42 Å². The van der Waals surface area contributed by atoms with Gasteiger partial charge in [-0.2, -0.15) is 0 Å². The molecule has 1 rings (SSSR count). The van der Waals surface area contributed by atoms with E-state index in [-0.39, 0.29) is 6.42 Å². The summed E-state index contributed by atoms with van der Waals surface area (Å²) in [5, 5.41) is 3.87. The first kappa shape index (κ1) is 7.87. The molecule has 0 aromatic carbocycles. The summed E-state index contributed by atoms with van der Waals surface area (Å²) in [5.41, 5.74) is 0. The maximum atomic E-state index is 10.6. The highest BCUT2D eigenvalue weighted by Crippen LogP contribution is 2.09. The minimum atomic E-state index is -0.623. The van der Waals surface area contributed by atoms with E-state index in [0.717, 1.165) is 4.88 Å². The maximum absolute atomic E-state index is 10.6. The highest BCUT2D eigenvalue weighted by atomic mass is 32.1. The van der Waals surface area contributed by atoms with Crippen LogP contribution in [0, 0.1) is 4.91 Å². The van der Waals surface area contributed by atoms with Gasteiger partial charge in [0.25, 0.3) is 0 Å². The highest BCUT2D eigenvalue weighted by molar-refractivity contribution is 7.10. The van der Waals surface area contributed by atoms with Crippen LogP contribution in [0.1, 0.15) is 4.88 Å². The number of carbonyl (C=O) groups is 1. The summed E-state index contributed by atoms with van der Waals surface area (Å²) >= 11 is 1.43. The minimum Gasteiger partial charge on any atom is -0.284 e. The van der Waals surface area contributed by atoms with E-state index in [1.54, 1.807) is 6.07 Å². The molecule has 0 N–H and O–H groups in total. The van der Waals surface area contributed by atoms with E-state index < -0.39 is 5.97 Å². The molecule has 11 heavy (non-hydrogen) atoms. The van der Waals surface area contributed by atoms with Gasteiger partial charge in [-0.05, 0) is 11.4 Å². The van der Waals surface area contributed by atoms with Crippen molar-refractivity contribution in [2.45, 2.75) is 6.42 Å². The summed E-state index contributed by atoms with van der Waals surface area (Å²) in [4.78, 5) is 24.8. The van der Waals surface area contributed by atoms with E-state index in [1.165, 1.54) is 11.3 Å². The van der Waals surface area contributed by atoms with Crippen LogP contribution in [0.25, 0.3) is 0 Å². The van der Waals surface area contributed by atoms with Crippen LogP contribution in [-0.2, 0) is 16.1 Å². The normalized spacial score (nSPS) is 9.09. The first-order valence-corrected chi connectivity index (χ1v) is 3.76. The van der Waals surface area contributed by atoms with Crippen LogP contribution in [0.3, 0.4) is 0 Å². The summed E-state index contributed by atoms with van der Waals surface area (Å²) in [5.74, 6) is -0.623. The topological polar surface area (TPSA) is 55.7 Å².